The molecule has 1 fully saturated rings. The lowest BCUT2D eigenvalue weighted by Gasteiger charge is -2.11. The molecule has 1 aromatic heterocycles. The zero-order chi connectivity index (χ0) is 12.3. The second-order valence-electron chi connectivity index (χ2n) is 6.01. The lowest BCUT2D eigenvalue weighted by atomic mass is 9.95. The van der Waals surface area contributed by atoms with Crippen LogP contribution >= 0.6 is 12.4 Å². The van der Waals surface area contributed by atoms with Crippen LogP contribution in [-0.4, -0.2) is 23.2 Å². The summed E-state index contributed by atoms with van der Waals surface area (Å²) >= 11 is 0. The molecule has 2 heterocycles. The Morgan fingerprint density at radius 1 is 1.28 bits per heavy atom. The molecule has 5 heteroatoms. The number of hydrogen-bond acceptors (Lipinski definition) is 4. The van der Waals surface area contributed by atoms with Gasteiger partial charge in [0.1, 0.15) is 0 Å². The fourth-order valence-corrected chi connectivity index (χ4v) is 2.18. The predicted molar refractivity (Wildman–Crippen MR) is 74.2 cm³/mol. The molecule has 2 rings (SSSR count). The molecule has 4 nitrogen and oxygen atoms in total. The van der Waals surface area contributed by atoms with E-state index in [1.165, 1.54) is 19.3 Å². The summed E-state index contributed by atoms with van der Waals surface area (Å²) in [7, 11) is 0. The van der Waals surface area contributed by atoms with Gasteiger partial charge >= 0.3 is 0 Å². The Morgan fingerprint density at radius 3 is 2.72 bits per heavy atom. The Labute approximate surface area is 115 Å². The summed E-state index contributed by atoms with van der Waals surface area (Å²) in [6.07, 6.45) is 4.67. The number of nitrogens with zero attached hydrogens (tertiary/aromatic N) is 2. The summed E-state index contributed by atoms with van der Waals surface area (Å²) in [6, 6.07) is 0. The molecule has 1 atom stereocenters. The van der Waals surface area contributed by atoms with Crippen molar-refractivity contribution in [3.05, 3.63) is 11.7 Å². The first-order valence-corrected chi connectivity index (χ1v) is 6.59. The number of nitrogens with one attached hydrogen (secondary N) is 1. The molecule has 0 bridgehead atoms. The summed E-state index contributed by atoms with van der Waals surface area (Å²) in [4.78, 5) is 4.51. The zero-order valence-corrected chi connectivity index (χ0v) is 12.3. The van der Waals surface area contributed by atoms with Gasteiger partial charge in [0, 0.05) is 11.8 Å². The number of hydrogen-bond donors (Lipinski definition) is 1. The quantitative estimate of drug-likeness (QED) is 0.900. The smallest absolute Gasteiger partial charge is 0.226 e. The van der Waals surface area contributed by atoms with Gasteiger partial charge in [-0.3, -0.25) is 0 Å². The lowest BCUT2D eigenvalue weighted by Crippen LogP contribution is -2.15. The molecule has 1 aromatic rings. The maximum atomic E-state index is 5.35. The van der Waals surface area contributed by atoms with Crippen LogP contribution in [0.1, 0.15) is 51.7 Å². The van der Waals surface area contributed by atoms with Gasteiger partial charge in [-0.15, -0.1) is 12.4 Å². The first kappa shape index (κ1) is 15.4. The van der Waals surface area contributed by atoms with E-state index in [2.05, 4.69) is 36.2 Å². The van der Waals surface area contributed by atoms with Crippen molar-refractivity contribution < 1.29 is 4.52 Å². The molecule has 0 saturated carbocycles. The van der Waals surface area contributed by atoms with Crippen LogP contribution in [0.5, 0.6) is 0 Å². The van der Waals surface area contributed by atoms with Crippen molar-refractivity contribution in [3.63, 3.8) is 0 Å². The molecule has 1 aliphatic heterocycles. The summed E-state index contributed by atoms with van der Waals surface area (Å²) in [5.74, 6) is 2.32. The highest BCUT2D eigenvalue weighted by atomic mass is 35.5. The second kappa shape index (κ2) is 6.53. The van der Waals surface area contributed by atoms with E-state index >= 15 is 0 Å². The highest BCUT2D eigenvalue weighted by molar-refractivity contribution is 5.85. The van der Waals surface area contributed by atoms with E-state index in [0.29, 0.717) is 5.92 Å². The molecule has 0 spiro atoms. The Bertz CT molecular complexity index is 351. The van der Waals surface area contributed by atoms with E-state index in [0.717, 1.165) is 31.2 Å². The molecule has 1 unspecified atom stereocenters. The minimum absolute atomic E-state index is 0. The topological polar surface area (TPSA) is 51.0 Å². The van der Waals surface area contributed by atoms with Gasteiger partial charge in [0.25, 0.3) is 0 Å². The minimum Gasteiger partial charge on any atom is -0.339 e. The molecule has 0 amide bonds. The first-order chi connectivity index (χ1) is 8.05. The van der Waals surface area contributed by atoms with E-state index in [1.807, 2.05) is 0 Å². The van der Waals surface area contributed by atoms with Crippen LogP contribution in [0.25, 0.3) is 0 Å². The minimum atomic E-state index is -0.0211. The maximum Gasteiger partial charge on any atom is 0.226 e. The van der Waals surface area contributed by atoms with Crippen LogP contribution in [0.4, 0.5) is 0 Å². The molecule has 1 N–H and O–H groups in total. The van der Waals surface area contributed by atoms with E-state index < -0.39 is 0 Å². The monoisotopic (exact) mass is 273 g/mol. The van der Waals surface area contributed by atoms with Crippen molar-refractivity contribution in [2.45, 2.75) is 51.9 Å². The third kappa shape index (κ3) is 4.25. The van der Waals surface area contributed by atoms with E-state index in [4.69, 9.17) is 4.52 Å². The Hall–Kier alpha value is -0.610. The Balaban J connectivity index is 0.00000162. The van der Waals surface area contributed by atoms with Crippen molar-refractivity contribution >= 4 is 12.4 Å². The molecule has 104 valence electrons. The molecular weight excluding hydrogens is 250 g/mol. The van der Waals surface area contributed by atoms with Crippen LogP contribution in [0.15, 0.2) is 4.52 Å². The number of halogens is 1. The largest absolute Gasteiger partial charge is 0.339 e. The van der Waals surface area contributed by atoms with Gasteiger partial charge in [0.2, 0.25) is 5.89 Å². The summed E-state index contributed by atoms with van der Waals surface area (Å²) < 4.78 is 5.35. The average Bonchev–Trinajstić information content (AvgIpc) is 2.56. The maximum absolute atomic E-state index is 5.35. The van der Waals surface area contributed by atoms with Gasteiger partial charge in [-0.2, -0.15) is 4.98 Å². The predicted octanol–water partition coefficient (Wildman–Crippen LogP) is 2.72. The van der Waals surface area contributed by atoms with Crippen LogP contribution in [-0.2, 0) is 11.8 Å². The van der Waals surface area contributed by atoms with Gasteiger partial charge in [-0.1, -0.05) is 25.9 Å². The normalized spacial score (nSPS) is 21.2. The average molecular weight is 274 g/mol. The van der Waals surface area contributed by atoms with Gasteiger partial charge in [-0.05, 0) is 38.3 Å². The number of aromatic nitrogens is 2. The van der Waals surface area contributed by atoms with Crippen LogP contribution in [0.2, 0.25) is 0 Å². The molecule has 18 heavy (non-hydrogen) atoms. The van der Waals surface area contributed by atoms with Crippen LogP contribution in [0, 0.1) is 5.92 Å². The van der Waals surface area contributed by atoms with Crippen molar-refractivity contribution in [2.75, 3.05) is 13.1 Å². The van der Waals surface area contributed by atoms with Crippen molar-refractivity contribution in [3.8, 4) is 0 Å². The van der Waals surface area contributed by atoms with Gasteiger partial charge in [0.15, 0.2) is 5.82 Å². The third-order valence-electron chi connectivity index (χ3n) is 3.30. The van der Waals surface area contributed by atoms with Crippen molar-refractivity contribution in [1.29, 1.82) is 0 Å². The van der Waals surface area contributed by atoms with Crippen molar-refractivity contribution in [1.82, 2.24) is 15.5 Å². The Morgan fingerprint density at radius 2 is 2.06 bits per heavy atom. The number of rotatable bonds is 2. The summed E-state index contributed by atoms with van der Waals surface area (Å²) in [6.45, 7) is 8.59. The highest BCUT2D eigenvalue weighted by Gasteiger charge is 2.22. The zero-order valence-electron chi connectivity index (χ0n) is 11.5. The van der Waals surface area contributed by atoms with Crippen LogP contribution in [0.3, 0.4) is 0 Å². The molecule has 0 aliphatic carbocycles. The van der Waals surface area contributed by atoms with E-state index in [-0.39, 0.29) is 17.8 Å². The van der Waals surface area contributed by atoms with Crippen LogP contribution < -0.4 is 5.32 Å². The van der Waals surface area contributed by atoms with E-state index in [1.54, 1.807) is 0 Å². The molecule has 1 aliphatic rings. The third-order valence-corrected chi connectivity index (χ3v) is 3.30. The lowest BCUT2D eigenvalue weighted by molar-refractivity contribution is 0.333. The van der Waals surface area contributed by atoms with Gasteiger partial charge < -0.3 is 9.84 Å². The highest BCUT2D eigenvalue weighted by Crippen LogP contribution is 2.22. The molecule has 0 aromatic carbocycles. The molecule has 1 saturated heterocycles. The van der Waals surface area contributed by atoms with Gasteiger partial charge in [0.05, 0.1) is 0 Å². The summed E-state index contributed by atoms with van der Waals surface area (Å²) in [5, 5.41) is 7.50. The fraction of sp³-hybridized carbons (Fsp3) is 0.846. The first-order valence-electron chi connectivity index (χ1n) is 6.59. The van der Waals surface area contributed by atoms with Crippen molar-refractivity contribution in [2.24, 2.45) is 5.92 Å². The van der Waals surface area contributed by atoms with E-state index in [9.17, 15) is 0 Å². The molecule has 0 radical (unpaired) electrons. The molecular formula is C13H24ClN3O. The standard InChI is InChI=1S/C13H23N3O.ClH/c1-13(2,3)12-15-11(17-16-12)9-10-5-4-7-14-8-6-10;/h10,14H,4-9H2,1-3H3;1H. The Kier molecular flexibility index (Phi) is 5.60. The summed E-state index contributed by atoms with van der Waals surface area (Å²) in [5.41, 5.74) is -0.0211. The second-order valence-corrected chi connectivity index (χ2v) is 6.01. The van der Waals surface area contributed by atoms with Gasteiger partial charge in [-0.25, -0.2) is 0 Å². The SMILES string of the molecule is CC(C)(C)c1noc(CC2CCCNCC2)n1.Cl. The fourth-order valence-electron chi connectivity index (χ4n) is 2.18.